The molecule has 1 amide bonds. The largest absolute Gasteiger partial charge is 0.411 e. The van der Waals surface area contributed by atoms with E-state index in [0.717, 1.165) is 30.9 Å². The maximum absolute atomic E-state index is 12.8. The van der Waals surface area contributed by atoms with Gasteiger partial charge in [-0.3, -0.25) is 4.79 Å². The molecular weight excluding hydrogens is 425 g/mol. The van der Waals surface area contributed by atoms with E-state index in [2.05, 4.69) is 26.4 Å². The summed E-state index contributed by atoms with van der Waals surface area (Å²) in [6, 6.07) is 16.2. The van der Waals surface area contributed by atoms with Crippen molar-refractivity contribution in [3.05, 3.63) is 81.5 Å². The molecule has 0 atom stereocenters. The minimum atomic E-state index is -4.35. The number of hydrogen-bond donors (Lipinski definition) is 1. The molecule has 1 aliphatic rings. The van der Waals surface area contributed by atoms with Crippen LogP contribution in [0.25, 0.3) is 0 Å². The summed E-state index contributed by atoms with van der Waals surface area (Å²) in [7, 11) is 0. The van der Waals surface area contributed by atoms with Gasteiger partial charge >= 0.3 is 6.18 Å². The van der Waals surface area contributed by atoms with Crippen molar-refractivity contribution >= 4 is 28.6 Å². The van der Waals surface area contributed by atoms with E-state index in [1.54, 1.807) is 35.6 Å². The molecule has 2 heterocycles. The van der Waals surface area contributed by atoms with Crippen molar-refractivity contribution in [1.82, 2.24) is 0 Å². The summed E-state index contributed by atoms with van der Waals surface area (Å²) in [6.45, 7) is 0.227. The number of ether oxygens (including phenoxy) is 1. The van der Waals surface area contributed by atoms with Crippen molar-refractivity contribution in [3.63, 3.8) is 0 Å². The quantitative estimate of drug-likeness (QED) is 0.533. The highest BCUT2D eigenvalue weighted by atomic mass is 32.1. The van der Waals surface area contributed by atoms with Crippen molar-refractivity contribution in [2.24, 2.45) is 0 Å². The Morgan fingerprint density at radius 1 is 1.10 bits per heavy atom. The van der Waals surface area contributed by atoms with Crippen LogP contribution in [0.15, 0.2) is 60.0 Å². The minimum Gasteiger partial charge on any atom is -0.367 e. The van der Waals surface area contributed by atoms with Crippen LogP contribution >= 0.6 is 11.3 Å². The molecule has 4 nitrogen and oxygen atoms in total. The van der Waals surface area contributed by atoms with E-state index in [1.165, 1.54) is 10.4 Å². The van der Waals surface area contributed by atoms with Gasteiger partial charge in [0, 0.05) is 23.5 Å². The number of amides is 1. The van der Waals surface area contributed by atoms with E-state index >= 15 is 0 Å². The average molecular weight is 446 g/mol. The van der Waals surface area contributed by atoms with Crippen LogP contribution in [0.3, 0.4) is 0 Å². The molecule has 0 unspecified atom stereocenters. The molecule has 1 aromatic heterocycles. The summed E-state index contributed by atoms with van der Waals surface area (Å²) in [6.07, 6.45) is -3.38. The maximum Gasteiger partial charge on any atom is 0.411 e. The highest BCUT2D eigenvalue weighted by Gasteiger charge is 2.27. The standard InChI is InChI=1S/C23H21F3N2O2S/c24-23(25,26)15-30-14-16-5-7-17(8-6-16)22(29)27-19-3-1-2-4-20(19)28-11-9-21-18(13-28)10-12-31-21/h1-8,10,12H,9,11,13-15H2,(H,27,29). The molecule has 2 aromatic carbocycles. The molecule has 0 saturated heterocycles. The third-order valence-electron chi connectivity index (χ3n) is 5.05. The molecule has 31 heavy (non-hydrogen) atoms. The molecule has 162 valence electrons. The molecule has 0 bridgehead atoms. The number of hydrogen-bond acceptors (Lipinski definition) is 4. The van der Waals surface area contributed by atoms with Crippen LogP contribution in [-0.2, 0) is 24.3 Å². The number of rotatable bonds is 6. The van der Waals surface area contributed by atoms with E-state index in [4.69, 9.17) is 0 Å². The summed E-state index contributed by atoms with van der Waals surface area (Å²) in [5.74, 6) is -0.275. The summed E-state index contributed by atoms with van der Waals surface area (Å²) in [4.78, 5) is 16.4. The fourth-order valence-corrected chi connectivity index (χ4v) is 4.43. The second kappa shape index (κ2) is 9.11. The van der Waals surface area contributed by atoms with Gasteiger partial charge < -0.3 is 15.0 Å². The van der Waals surface area contributed by atoms with Crippen LogP contribution in [-0.4, -0.2) is 25.2 Å². The average Bonchev–Trinajstić information content (AvgIpc) is 3.21. The number of benzene rings is 2. The Morgan fingerprint density at radius 3 is 2.65 bits per heavy atom. The highest BCUT2D eigenvalue weighted by molar-refractivity contribution is 7.10. The van der Waals surface area contributed by atoms with Crippen LogP contribution in [0.2, 0.25) is 0 Å². The van der Waals surface area contributed by atoms with Crippen molar-refractivity contribution < 1.29 is 22.7 Å². The zero-order valence-electron chi connectivity index (χ0n) is 16.6. The number of fused-ring (bicyclic) bond motifs is 1. The Bertz CT molecular complexity index is 1050. The van der Waals surface area contributed by atoms with Crippen molar-refractivity contribution in [3.8, 4) is 0 Å². The third-order valence-corrected chi connectivity index (χ3v) is 6.07. The molecular formula is C23H21F3N2O2S. The van der Waals surface area contributed by atoms with Gasteiger partial charge in [0.15, 0.2) is 0 Å². The van der Waals surface area contributed by atoms with Gasteiger partial charge in [0.2, 0.25) is 0 Å². The fourth-order valence-electron chi connectivity index (χ4n) is 3.54. The number of alkyl halides is 3. The lowest BCUT2D eigenvalue weighted by Gasteiger charge is -2.30. The number of carbonyl (C=O) groups excluding carboxylic acids is 1. The van der Waals surface area contributed by atoms with Gasteiger partial charge in [0.25, 0.3) is 5.91 Å². The number of nitrogens with zero attached hydrogens (tertiary/aromatic N) is 1. The van der Waals surface area contributed by atoms with Crippen LogP contribution < -0.4 is 10.2 Å². The van der Waals surface area contributed by atoms with Gasteiger partial charge in [-0.05, 0) is 53.3 Å². The highest BCUT2D eigenvalue weighted by Crippen LogP contribution is 2.32. The molecule has 0 radical (unpaired) electrons. The van der Waals surface area contributed by atoms with E-state index < -0.39 is 12.8 Å². The predicted molar refractivity (Wildman–Crippen MR) is 116 cm³/mol. The molecule has 1 aliphatic heterocycles. The first-order valence-corrected chi connectivity index (χ1v) is 10.7. The molecule has 1 N–H and O–H groups in total. The molecule has 8 heteroatoms. The molecule has 0 saturated carbocycles. The number of anilines is 2. The Kier molecular flexibility index (Phi) is 6.29. The van der Waals surface area contributed by atoms with E-state index in [-0.39, 0.29) is 12.5 Å². The Labute approximate surface area is 182 Å². The zero-order valence-corrected chi connectivity index (χ0v) is 17.4. The van der Waals surface area contributed by atoms with Gasteiger partial charge in [0.1, 0.15) is 6.61 Å². The molecule has 0 fully saturated rings. The minimum absolute atomic E-state index is 0.163. The van der Waals surface area contributed by atoms with Crippen molar-refractivity contribution in [2.45, 2.75) is 25.7 Å². The van der Waals surface area contributed by atoms with E-state index in [0.29, 0.717) is 11.1 Å². The van der Waals surface area contributed by atoms with Gasteiger partial charge in [0.05, 0.1) is 18.0 Å². The maximum atomic E-state index is 12.8. The Balaban J connectivity index is 1.41. The number of para-hydroxylation sites is 2. The zero-order chi connectivity index (χ0) is 21.8. The summed E-state index contributed by atoms with van der Waals surface area (Å²) < 4.78 is 41.2. The van der Waals surface area contributed by atoms with Gasteiger partial charge in [-0.1, -0.05) is 24.3 Å². The summed E-state index contributed by atoms with van der Waals surface area (Å²) in [5, 5.41) is 5.08. The normalized spacial score (nSPS) is 13.7. The van der Waals surface area contributed by atoms with Crippen LogP contribution in [0.4, 0.5) is 24.5 Å². The van der Waals surface area contributed by atoms with E-state index in [1.807, 2.05) is 24.3 Å². The van der Waals surface area contributed by atoms with Crippen molar-refractivity contribution in [1.29, 1.82) is 0 Å². The summed E-state index contributed by atoms with van der Waals surface area (Å²) >= 11 is 1.78. The third kappa shape index (κ3) is 5.45. The van der Waals surface area contributed by atoms with Gasteiger partial charge in [-0.25, -0.2) is 0 Å². The fraction of sp³-hybridized carbons (Fsp3) is 0.261. The second-order valence-corrected chi connectivity index (χ2v) is 8.32. The lowest BCUT2D eigenvalue weighted by molar-refractivity contribution is -0.176. The van der Waals surface area contributed by atoms with Crippen LogP contribution in [0.1, 0.15) is 26.4 Å². The SMILES string of the molecule is O=C(Nc1ccccc1N1CCc2sccc2C1)c1ccc(COCC(F)(F)F)cc1. The van der Waals surface area contributed by atoms with E-state index in [9.17, 15) is 18.0 Å². The number of nitrogens with one attached hydrogen (secondary N) is 1. The Morgan fingerprint density at radius 2 is 1.87 bits per heavy atom. The van der Waals surface area contributed by atoms with Crippen LogP contribution in [0, 0.1) is 0 Å². The first-order chi connectivity index (χ1) is 14.9. The molecule has 3 aromatic rings. The molecule has 4 rings (SSSR count). The predicted octanol–water partition coefficient (Wildman–Crippen LogP) is 5.64. The topological polar surface area (TPSA) is 41.6 Å². The lowest BCUT2D eigenvalue weighted by Crippen LogP contribution is -2.30. The molecule has 0 spiro atoms. The number of halogens is 3. The number of carbonyl (C=O) groups is 1. The van der Waals surface area contributed by atoms with Crippen LogP contribution in [0.5, 0.6) is 0 Å². The Hall–Kier alpha value is -2.84. The van der Waals surface area contributed by atoms with Crippen molar-refractivity contribution in [2.75, 3.05) is 23.4 Å². The summed E-state index contributed by atoms with van der Waals surface area (Å²) in [5.41, 5.74) is 4.00. The number of thiophene rings is 1. The van der Waals surface area contributed by atoms with Gasteiger partial charge in [-0.15, -0.1) is 11.3 Å². The first kappa shape index (κ1) is 21.4. The monoisotopic (exact) mass is 446 g/mol. The molecule has 0 aliphatic carbocycles. The van der Waals surface area contributed by atoms with Gasteiger partial charge in [-0.2, -0.15) is 13.2 Å². The second-order valence-electron chi connectivity index (χ2n) is 7.32. The lowest BCUT2D eigenvalue weighted by atomic mass is 10.1. The first-order valence-electron chi connectivity index (χ1n) is 9.83. The smallest absolute Gasteiger partial charge is 0.367 e.